The van der Waals surface area contributed by atoms with E-state index in [1.54, 1.807) is 18.2 Å². The monoisotopic (exact) mass is 317 g/mol. The van der Waals surface area contributed by atoms with Crippen molar-refractivity contribution in [1.82, 2.24) is 0 Å². The number of non-ortho nitro benzene ring substituents is 1. The third-order valence-electron chi connectivity index (χ3n) is 3.05. The number of nitro groups is 1. The molecule has 4 nitrogen and oxygen atoms in total. The van der Waals surface area contributed by atoms with Crippen molar-refractivity contribution < 1.29 is 9.72 Å². The second kappa shape index (κ2) is 5.35. The summed E-state index contributed by atoms with van der Waals surface area (Å²) < 4.78 is 0. The summed E-state index contributed by atoms with van der Waals surface area (Å²) in [4.78, 5) is 24.0. The third kappa shape index (κ3) is 2.57. The fourth-order valence-corrected chi connectivity index (χ4v) is 3.25. The highest BCUT2D eigenvalue weighted by molar-refractivity contribution is 8.04. The molecule has 0 bridgehead atoms. The Kier molecular flexibility index (Phi) is 3.53. The molecule has 0 unspecified atom stereocenters. The van der Waals surface area contributed by atoms with Crippen molar-refractivity contribution in [2.45, 2.75) is 4.90 Å². The Morgan fingerprint density at radius 3 is 2.67 bits per heavy atom. The number of halogens is 1. The first-order valence-electron chi connectivity index (χ1n) is 6.03. The maximum absolute atomic E-state index is 12.3. The van der Waals surface area contributed by atoms with Gasteiger partial charge in [0.05, 0.1) is 9.83 Å². The van der Waals surface area contributed by atoms with Crippen LogP contribution in [0, 0.1) is 10.1 Å². The second-order valence-electron chi connectivity index (χ2n) is 4.40. The lowest BCUT2D eigenvalue weighted by molar-refractivity contribution is -0.384. The number of fused-ring (bicyclic) bond motifs is 1. The van der Waals surface area contributed by atoms with Crippen molar-refractivity contribution in [2.75, 3.05) is 0 Å². The summed E-state index contributed by atoms with van der Waals surface area (Å²) >= 11 is 7.40. The minimum atomic E-state index is -0.489. The van der Waals surface area contributed by atoms with E-state index >= 15 is 0 Å². The van der Waals surface area contributed by atoms with Crippen molar-refractivity contribution in [2.24, 2.45) is 0 Å². The molecule has 0 radical (unpaired) electrons. The molecule has 2 aromatic rings. The molecule has 1 aliphatic rings. The molecule has 1 aliphatic heterocycles. The lowest BCUT2D eigenvalue weighted by atomic mass is 10.1. The minimum Gasteiger partial charge on any atom is -0.288 e. The number of Topliss-reactive ketones (excluding diaryl/α,β-unsaturated/α-hetero) is 1. The highest BCUT2D eigenvalue weighted by atomic mass is 35.5. The fourth-order valence-electron chi connectivity index (χ4n) is 2.03. The van der Waals surface area contributed by atoms with Gasteiger partial charge in [0.2, 0.25) is 5.78 Å². The second-order valence-corrected chi connectivity index (χ2v) is 5.89. The van der Waals surface area contributed by atoms with Crippen LogP contribution < -0.4 is 0 Å². The van der Waals surface area contributed by atoms with Gasteiger partial charge in [-0.15, -0.1) is 0 Å². The molecule has 0 aliphatic carbocycles. The molecule has 0 fully saturated rings. The number of rotatable bonds is 2. The van der Waals surface area contributed by atoms with Crippen LogP contribution >= 0.6 is 23.4 Å². The summed E-state index contributed by atoms with van der Waals surface area (Å²) in [5, 5.41) is 11.2. The van der Waals surface area contributed by atoms with E-state index in [2.05, 4.69) is 0 Å². The quantitative estimate of drug-likeness (QED) is 0.462. The van der Waals surface area contributed by atoms with Gasteiger partial charge in [0, 0.05) is 33.2 Å². The van der Waals surface area contributed by atoms with Crippen LogP contribution in [0.5, 0.6) is 0 Å². The van der Waals surface area contributed by atoms with Crippen LogP contribution in [-0.4, -0.2) is 10.7 Å². The molecule has 0 N–H and O–H groups in total. The number of hydrogen-bond acceptors (Lipinski definition) is 4. The number of carbonyl (C=O) groups excluding carboxylic acids is 1. The van der Waals surface area contributed by atoms with Crippen LogP contribution in [-0.2, 0) is 0 Å². The standard InChI is InChI=1S/C15H8ClNO3S/c16-12-6-5-10(17(19)20)7-9(12)8-14-15(18)11-3-1-2-4-13(11)21-14/h1-8H. The highest BCUT2D eigenvalue weighted by Gasteiger charge is 2.25. The molecule has 1 heterocycles. The Hall–Kier alpha value is -2.11. The van der Waals surface area contributed by atoms with Gasteiger partial charge in [-0.25, -0.2) is 0 Å². The van der Waals surface area contributed by atoms with Gasteiger partial charge in [-0.2, -0.15) is 0 Å². The maximum atomic E-state index is 12.3. The summed E-state index contributed by atoms with van der Waals surface area (Å²) in [5.41, 5.74) is 1.06. The Bertz CT molecular complexity index is 801. The van der Waals surface area contributed by atoms with Crippen molar-refractivity contribution in [3.8, 4) is 0 Å². The lowest BCUT2D eigenvalue weighted by Gasteiger charge is -2.00. The molecule has 6 heteroatoms. The first-order valence-corrected chi connectivity index (χ1v) is 7.23. The van der Waals surface area contributed by atoms with Gasteiger partial charge in [0.15, 0.2) is 0 Å². The first-order chi connectivity index (χ1) is 10.1. The fraction of sp³-hybridized carbons (Fsp3) is 0. The van der Waals surface area contributed by atoms with Crippen LogP contribution in [0.25, 0.3) is 6.08 Å². The maximum Gasteiger partial charge on any atom is 0.270 e. The van der Waals surface area contributed by atoms with E-state index in [9.17, 15) is 14.9 Å². The van der Waals surface area contributed by atoms with E-state index in [0.717, 1.165) is 4.90 Å². The van der Waals surface area contributed by atoms with Gasteiger partial charge in [-0.05, 0) is 24.3 Å². The molecular formula is C15H8ClNO3S. The highest BCUT2D eigenvalue weighted by Crippen LogP contribution is 2.41. The number of allylic oxidation sites excluding steroid dienone is 1. The number of ketones is 1. The molecule has 0 saturated heterocycles. The van der Waals surface area contributed by atoms with Crippen LogP contribution in [0.15, 0.2) is 52.3 Å². The lowest BCUT2D eigenvalue weighted by Crippen LogP contribution is -1.94. The topological polar surface area (TPSA) is 60.2 Å². The number of carbonyl (C=O) groups is 1. The van der Waals surface area contributed by atoms with E-state index < -0.39 is 4.92 Å². The zero-order valence-corrected chi connectivity index (χ0v) is 12.1. The van der Waals surface area contributed by atoms with Gasteiger partial charge in [-0.1, -0.05) is 35.5 Å². The van der Waals surface area contributed by atoms with E-state index in [0.29, 0.717) is 21.1 Å². The number of benzene rings is 2. The van der Waals surface area contributed by atoms with Crippen molar-refractivity contribution in [3.63, 3.8) is 0 Å². The molecule has 0 atom stereocenters. The largest absolute Gasteiger partial charge is 0.288 e. The Labute approximate surface area is 129 Å². The van der Waals surface area contributed by atoms with Gasteiger partial charge < -0.3 is 0 Å². The van der Waals surface area contributed by atoms with Crippen LogP contribution in [0.4, 0.5) is 5.69 Å². The first kappa shape index (κ1) is 13.9. The molecule has 0 spiro atoms. The van der Waals surface area contributed by atoms with E-state index in [1.165, 1.54) is 30.0 Å². The molecule has 104 valence electrons. The van der Waals surface area contributed by atoms with Crippen LogP contribution in [0.3, 0.4) is 0 Å². The van der Waals surface area contributed by atoms with Gasteiger partial charge in [-0.3, -0.25) is 14.9 Å². The summed E-state index contributed by atoms with van der Waals surface area (Å²) in [6, 6.07) is 11.5. The molecule has 3 rings (SSSR count). The summed E-state index contributed by atoms with van der Waals surface area (Å²) in [6.07, 6.45) is 1.60. The molecule has 2 aromatic carbocycles. The van der Waals surface area contributed by atoms with Gasteiger partial charge in [0.25, 0.3) is 5.69 Å². The van der Waals surface area contributed by atoms with E-state index in [4.69, 9.17) is 11.6 Å². The zero-order chi connectivity index (χ0) is 15.0. The van der Waals surface area contributed by atoms with Gasteiger partial charge >= 0.3 is 0 Å². The normalized spacial score (nSPS) is 15.3. The number of nitrogens with zero attached hydrogens (tertiary/aromatic N) is 1. The predicted octanol–water partition coefficient (Wildman–Crippen LogP) is 4.58. The minimum absolute atomic E-state index is 0.0563. The number of thioether (sulfide) groups is 1. The summed E-state index contributed by atoms with van der Waals surface area (Å²) in [7, 11) is 0. The van der Waals surface area contributed by atoms with Gasteiger partial charge in [0.1, 0.15) is 0 Å². The smallest absolute Gasteiger partial charge is 0.270 e. The Morgan fingerprint density at radius 1 is 1.19 bits per heavy atom. The van der Waals surface area contributed by atoms with Crippen LogP contribution in [0.2, 0.25) is 5.02 Å². The SMILES string of the molecule is O=C1C(=Cc2cc([N+](=O)[O-])ccc2Cl)Sc2ccccc21. The average Bonchev–Trinajstić information content (AvgIpc) is 2.78. The zero-order valence-electron chi connectivity index (χ0n) is 10.6. The van der Waals surface area contributed by atoms with Crippen molar-refractivity contribution in [1.29, 1.82) is 0 Å². The van der Waals surface area contributed by atoms with E-state index in [1.807, 2.05) is 12.1 Å². The molecule has 21 heavy (non-hydrogen) atoms. The Morgan fingerprint density at radius 2 is 1.95 bits per heavy atom. The van der Waals surface area contributed by atoms with Crippen molar-refractivity contribution in [3.05, 3.63) is 73.6 Å². The number of hydrogen-bond donors (Lipinski definition) is 0. The number of nitro benzene ring substituents is 1. The molecular weight excluding hydrogens is 310 g/mol. The molecule has 0 amide bonds. The summed E-state index contributed by atoms with van der Waals surface area (Å²) in [6.45, 7) is 0. The molecule has 0 saturated carbocycles. The molecule has 0 aromatic heterocycles. The third-order valence-corrected chi connectivity index (χ3v) is 4.50. The van der Waals surface area contributed by atoms with Crippen LogP contribution in [0.1, 0.15) is 15.9 Å². The van der Waals surface area contributed by atoms with Crippen molar-refractivity contribution >= 4 is 40.9 Å². The predicted molar refractivity (Wildman–Crippen MR) is 82.7 cm³/mol. The Balaban J connectivity index is 2.03. The van der Waals surface area contributed by atoms with E-state index in [-0.39, 0.29) is 11.5 Å². The summed E-state index contributed by atoms with van der Waals surface area (Å²) in [5.74, 6) is -0.0850. The average molecular weight is 318 g/mol.